The highest BCUT2D eigenvalue weighted by molar-refractivity contribution is 7.18. The van der Waals surface area contributed by atoms with Crippen LogP contribution < -0.4 is 16.0 Å². The minimum atomic E-state index is -0.690. The second-order valence-electron chi connectivity index (χ2n) is 7.21. The number of hydrogen-bond donors (Lipinski definition) is 3. The Labute approximate surface area is 201 Å². The van der Waals surface area contributed by atoms with Crippen molar-refractivity contribution in [2.24, 2.45) is 0 Å². The van der Waals surface area contributed by atoms with Crippen molar-refractivity contribution in [1.82, 2.24) is 10.6 Å². The van der Waals surface area contributed by atoms with Crippen molar-refractivity contribution in [1.29, 1.82) is 0 Å². The van der Waals surface area contributed by atoms with Crippen LogP contribution in [0.4, 0.5) is 5.00 Å². The molecule has 1 atom stereocenters. The van der Waals surface area contributed by atoms with Gasteiger partial charge in [-0.15, -0.1) is 11.3 Å². The molecule has 0 aliphatic heterocycles. The first kappa shape index (κ1) is 26.5. The highest BCUT2D eigenvalue weighted by Gasteiger charge is 2.26. The monoisotopic (exact) mass is 489 g/mol. The molecule has 1 aromatic carbocycles. The molecular weight excluding hydrogens is 462 g/mol. The van der Waals surface area contributed by atoms with Crippen molar-refractivity contribution < 1.29 is 33.4 Å². The number of nitrogens with one attached hydrogen (secondary N) is 3. The molecule has 0 fully saturated rings. The normalized spacial score (nSPS) is 11.2. The number of amides is 3. The fourth-order valence-electron chi connectivity index (χ4n) is 2.95. The first-order valence-corrected chi connectivity index (χ1v) is 11.3. The van der Waals surface area contributed by atoms with Gasteiger partial charge in [-0.2, -0.15) is 0 Å². The van der Waals surface area contributed by atoms with Gasteiger partial charge in [0.1, 0.15) is 5.00 Å². The minimum absolute atomic E-state index is 0.0716. The van der Waals surface area contributed by atoms with E-state index >= 15 is 0 Å². The Hall–Kier alpha value is -3.73. The van der Waals surface area contributed by atoms with Crippen LogP contribution in [0.25, 0.3) is 0 Å². The molecule has 0 aliphatic carbocycles. The van der Waals surface area contributed by atoms with Gasteiger partial charge in [0.25, 0.3) is 17.7 Å². The van der Waals surface area contributed by atoms with E-state index < -0.39 is 36.4 Å². The fraction of sp³-hybridized carbons (Fsp3) is 0.348. The zero-order chi connectivity index (χ0) is 25.3. The summed E-state index contributed by atoms with van der Waals surface area (Å²) in [6.07, 6.45) is -0.140. The molecule has 1 aromatic heterocycles. The van der Waals surface area contributed by atoms with E-state index in [2.05, 4.69) is 16.0 Å². The second-order valence-corrected chi connectivity index (χ2v) is 8.23. The van der Waals surface area contributed by atoms with E-state index in [1.807, 2.05) is 0 Å². The molecule has 0 saturated heterocycles. The van der Waals surface area contributed by atoms with E-state index in [-0.39, 0.29) is 34.4 Å². The minimum Gasteiger partial charge on any atom is -0.462 e. The van der Waals surface area contributed by atoms with Gasteiger partial charge in [-0.1, -0.05) is 18.2 Å². The zero-order valence-electron chi connectivity index (χ0n) is 19.4. The van der Waals surface area contributed by atoms with Crippen molar-refractivity contribution in [3.8, 4) is 0 Å². The van der Waals surface area contributed by atoms with Crippen molar-refractivity contribution in [3.63, 3.8) is 0 Å². The number of rotatable bonds is 10. The highest BCUT2D eigenvalue weighted by atomic mass is 32.1. The van der Waals surface area contributed by atoms with Gasteiger partial charge in [0, 0.05) is 18.7 Å². The Morgan fingerprint density at radius 2 is 1.71 bits per heavy atom. The van der Waals surface area contributed by atoms with Gasteiger partial charge in [-0.25, -0.2) is 4.79 Å². The van der Waals surface area contributed by atoms with E-state index in [0.717, 1.165) is 11.3 Å². The molecule has 0 spiro atoms. The average Bonchev–Trinajstić information content (AvgIpc) is 3.13. The van der Waals surface area contributed by atoms with E-state index in [0.29, 0.717) is 11.1 Å². The maximum atomic E-state index is 12.4. The summed E-state index contributed by atoms with van der Waals surface area (Å²) in [5.41, 5.74) is 0.905. The summed E-state index contributed by atoms with van der Waals surface area (Å²) >= 11 is 0.918. The molecule has 0 bridgehead atoms. The van der Waals surface area contributed by atoms with E-state index in [9.17, 15) is 24.0 Å². The largest absolute Gasteiger partial charge is 0.462 e. The summed E-state index contributed by atoms with van der Waals surface area (Å²) in [7, 11) is 1.45. The molecule has 3 N–H and O–H groups in total. The number of anilines is 1. The van der Waals surface area contributed by atoms with Gasteiger partial charge in [-0.05, 0) is 38.5 Å². The number of carbonyl (C=O) groups excluding carboxylic acids is 5. The number of esters is 2. The highest BCUT2D eigenvalue weighted by Crippen LogP contribution is 2.33. The van der Waals surface area contributed by atoms with Crippen LogP contribution in [-0.4, -0.2) is 56.0 Å². The lowest BCUT2D eigenvalue weighted by Crippen LogP contribution is -2.35. The molecule has 182 valence electrons. The van der Waals surface area contributed by atoms with E-state index in [4.69, 9.17) is 9.47 Å². The van der Waals surface area contributed by atoms with E-state index in [1.165, 1.54) is 7.05 Å². The van der Waals surface area contributed by atoms with E-state index in [1.54, 1.807) is 51.1 Å². The third-order valence-electron chi connectivity index (χ3n) is 4.56. The van der Waals surface area contributed by atoms with Crippen molar-refractivity contribution in [2.75, 3.05) is 25.6 Å². The summed E-state index contributed by atoms with van der Waals surface area (Å²) in [6.45, 7) is 4.37. The Kier molecular flexibility index (Phi) is 9.75. The lowest BCUT2D eigenvalue weighted by atomic mass is 10.1. The second kappa shape index (κ2) is 12.5. The fourth-order valence-corrected chi connectivity index (χ4v) is 4.10. The predicted molar refractivity (Wildman–Crippen MR) is 126 cm³/mol. The first-order chi connectivity index (χ1) is 16.2. The summed E-state index contributed by atoms with van der Waals surface area (Å²) in [5.74, 6) is -2.79. The number of carbonyl (C=O) groups is 5. The third-order valence-corrected chi connectivity index (χ3v) is 5.77. The van der Waals surface area contributed by atoms with Crippen LogP contribution in [0.1, 0.15) is 56.2 Å². The van der Waals surface area contributed by atoms with Gasteiger partial charge < -0.3 is 25.4 Å². The molecule has 2 aromatic rings. The van der Waals surface area contributed by atoms with Crippen LogP contribution in [0.5, 0.6) is 0 Å². The number of hydrogen-bond acceptors (Lipinski definition) is 8. The number of ether oxygens (including phenoxy) is 2. The van der Waals surface area contributed by atoms with Crippen LogP contribution in [0.15, 0.2) is 30.3 Å². The van der Waals surface area contributed by atoms with Crippen LogP contribution >= 0.6 is 11.3 Å². The van der Waals surface area contributed by atoms with Crippen LogP contribution in [0.2, 0.25) is 0 Å². The molecule has 1 unspecified atom stereocenters. The topological polar surface area (TPSA) is 140 Å². The van der Waals surface area contributed by atoms with Gasteiger partial charge in [0.15, 0.2) is 6.61 Å². The van der Waals surface area contributed by atoms with Gasteiger partial charge in [0.2, 0.25) is 0 Å². The van der Waals surface area contributed by atoms with Crippen LogP contribution in [-0.2, 0) is 19.1 Å². The lowest BCUT2D eigenvalue weighted by Gasteiger charge is -2.13. The SMILES string of the molecule is CCOC(=O)c1c(NC(=O)COC(=O)CC(C)NC(=O)c2ccccc2)sc(C(=O)NC)c1C. The molecular formula is C23H27N3O7S. The molecule has 1 heterocycles. The molecule has 34 heavy (non-hydrogen) atoms. The van der Waals surface area contributed by atoms with Crippen LogP contribution in [0, 0.1) is 6.92 Å². The third kappa shape index (κ3) is 7.14. The number of thiophene rings is 1. The Bertz CT molecular complexity index is 1070. The van der Waals surface area contributed by atoms with Crippen molar-refractivity contribution >= 4 is 46.0 Å². The molecule has 2 rings (SSSR count). The molecule has 0 aliphatic rings. The first-order valence-electron chi connectivity index (χ1n) is 10.5. The molecule has 11 heteroatoms. The standard InChI is InChI=1S/C23H27N3O7S/c1-5-32-23(31)18-14(3)19(21(30)24-4)34-22(18)26-16(27)12-33-17(28)11-13(2)25-20(29)15-9-7-6-8-10-15/h6-10,13H,5,11-12H2,1-4H3,(H,24,30)(H,25,29)(H,26,27). The summed E-state index contributed by atoms with van der Waals surface area (Å²) < 4.78 is 10.0. The van der Waals surface area contributed by atoms with Gasteiger partial charge >= 0.3 is 11.9 Å². The van der Waals surface area contributed by atoms with Crippen molar-refractivity contribution in [2.45, 2.75) is 33.2 Å². The maximum absolute atomic E-state index is 12.4. The van der Waals surface area contributed by atoms with Crippen molar-refractivity contribution in [3.05, 3.63) is 51.9 Å². The number of benzene rings is 1. The molecule has 0 radical (unpaired) electrons. The van der Waals surface area contributed by atoms with Crippen LogP contribution in [0.3, 0.4) is 0 Å². The molecule has 3 amide bonds. The summed E-state index contributed by atoms with van der Waals surface area (Å²) in [6, 6.07) is 8.02. The maximum Gasteiger partial charge on any atom is 0.341 e. The molecule has 0 saturated carbocycles. The van der Waals surface area contributed by atoms with Gasteiger partial charge in [-0.3, -0.25) is 19.2 Å². The zero-order valence-corrected chi connectivity index (χ0v) is 20.2. The average molecular weight is 490 g/mol. The molecule has 10 nitrogen and oxygen atoms in total. The summed E-state index contributed by atoms with van der Waals surface area (Å²) in [4.78, 5) is 61.3. The Morgan fingerprint density at radius 1 is 1.03 bits per heavy atom. The quantitative estimate of drug-likeness (QED) is 0.435. The smallest absolute Gasteiger partial charge is 0.341 e. The lowest BCUT2D eigenvalue weighted by molar-refractivity contribution is -0.147. The summed E-state index contributed by atoms with van der Waals surface area (Å²) in [5, 5.41) is 7.79. The Balaban J connectivity index is 1.95. The Morgan fingerprint density at radius 3 is 2.32 bits per heavy atom. The van der Waals surface area contributed by atoms with Gasteiger partial charge in [0.05, 0.1) is 23.5 Å². The predicted octanol–water partition coefficient (Wildman–Crippen LogP) is 2.28.